The number of rotatable bonds is 8. The second kappa shape index (κ2) is 10.3. The molecule has 0 bridgehead atoms. The molecule has 0 unspecified atom stereocenters. The molecule has 0 saturated carbocycles. The number of carbonyl (C=O) groups is 3. The Labute approximate surface area is 162 Å². The number of carbonyl (C=O) groups excluding carboxylic acids is 3. The van der Waals surface area contributed by atoms with Crippen LogP contribution in [0.15, 0.2) is 29.4 Å². The number of ether oxygens (including phenoxy) is 1. The molecule has 1 heterocycles. The van der Waals surface area contributed by atoms with E-state index in [1.54, 1.807) is 41.0 Å². The lowest BCUT2D eigenvalue weighted by molar-refractivity contribution is -0.143. The lowest BCUT2D eigenvalue weighted by Crippen LogP contribution is -2.52. The van der Waals surface area contributed by atoms with E-state index in [1.165, 1.54) is 0 Å². The van der Waals surface area contributed by atoms with Crippen molar-refractivity contribution < 1.29 is 24.3 Å². The van der Waals surface area contributed by atoms with Crippen molar-refractivity contribution in [3.05, 3.63) is 29.8 Å². The van der Waals surface area contributed by atoms with Crippen LogP contribution in [0.1, 0.15) is 18.9 Å². The number of hydrogen-bond acceptors (Lipinski definition) is 7. The Bertz CT molecular complexity index is 734. The summed E-state index contributed by atoms with van der Waals surface area (Å²) in [6, 6.07) is 6.79. The summed E-state index contributed by atoms with van der Waals surface area (Å²) >= 11 is 0. The van der Waals surface area contributed by atoms with E-state index in [4.69, 9.17) is 15.7 Å². The summed E-state index contributed by atoms with van der Waals surface area (Å²) in [5, 5.41) is 14.3. The molecule has 10 heteroatoms. The number of benzene rings is 1. The monoisotopic (exact) mass is 391 g/mol. The number of hydrogen-bond donors (Lipinski definition) is 3. The number of piperazine rings is 1. The molecular formula is C18H25N5O5. The van der Waals surface area contributed by atoms with Crippen LogP contribution in [-0.2, 0) is 19.1 Å². The molecule has 0 aliphatic carbocycles. The molecule has 0 spiro atoms. The molecule has 1 saturated heterocycles. The Morgan fingerprint density at radius 1 is 1.29 bits per heavy atom. The largest absolute Gasteiger partial charge is 0.466 e. The quantitative estimate of drug-likeness (QED) is 0.179. The Morgan fingerprint density at radius 2 is 2.00 bits per heavy atom. The van der Waals surface area contributed by atoms with Crippen LogP contribution in [0.2, 0.25) is 0 Å². The van der Waals surface area contributed by atoms with Crippen molar-refractivity contribution in [2.24, 2.45) is 10.9 Å². The van der Waals surface area contributed by atoms with Crippen molar-refractivity contribution in [3.8, 4) is 0 Å². The molecule has 28 heavy (non-hydrogen) atoms. The summed E-state index contributed by atoms with van der Waals surface area (Å²) in [6.07, 6.45) is 0.119. The van der Waals surface area contributed by atoms with E-state index in [2.05, 4.69) is 10.5 Å². The van der Waals surface area contributed by atoms with Crippen LogP contribution in [0.25, 0.3) is 0 Å². The first kappa shape index (κ1) is 21.2. The van der Waals surface area contributed by atoms with E-state index in [1.807, 2.05) is 0 Å². The number of amides is 2. The maximum atomic E-state index is 12.4. The van der Waals surface area contributed by atoms with Crippen LogP contribution in [0.3, 0.4) is 0 Å². The molecule has 4 N–H and O–H groups in total. The summed E-state index contributed by atoms with van der Waals surface area (Å²) < 4.78 is 4.79. The van der Waals surface area contributed by atoms with Crippen molar-refractivity contribution >= 4 is 29.3 Å². The van der Waals surface area contributed by atoms with Crippen LogP contribution < -0.4 is 16.0 Å². The highest BCUT2D eigenvalue weighted by Gasteiger charge is 2.26. The molecule has 0 aromatic heterocycles. The van der Waals surface area contributed by atoms with Gasteiger partial charge in [-0.15, -0.1) is 0 Å². The Balaban J connectivity index is 1.80. The molecule has 10 nitrogen and oxygen atoms in total. The lowest BCUT2D eigenvalue weighted by atomic mass is 10.1. The maximum absolute atomic E-state index is 12.4. The highest BCUT2D eigenvalue weighted by molar-refractivity contribution is 5.99. The number of oxime groups is 1. The van der Waals surface area contributed by atoms with E-state index in [-0.39, 0.29) is 49.7 Å². The minimum Gasteiger partial charge on any atom is -0.466 e. The molecule has 0 atom stereocenters. The zero-order valence-corrected chi connectivity index (χ0v) is 15.8. The lowest BCUT2D eigenvalue weighted by Gasteiger charge is -2.34. The van der Waals surface area contributed by atoms with Gasteiger partial charge in [0.1, 0.15) is 0 Å². The zero-order valence-electron chi connectivity index (χ0n) is 15.8. The molecule has 1 fully saturated rings. The van der Waals surface area contributed by atoms with E-state index in [0.29, 0.717) is 30.9 Å². The summed E-state index contributed by atoms with van der Waals surface area (Å²) in [7, 11) is 0. The first-order valence-electron chi connectivity index (χ1n) is 8.97. The average Bonchev–Trinajstić information content (AvgIpc) is 2.68. The Morgan fingerprint density at radius 3 is 2.61 bits per heavy atom. The second-order valence-electron chi connectivity index (χ2n) is 6.19. The molecule has 0 radical (unpaired) electrons. The fraction of sp³-hybridized carbons (Fsp3) is 0.444. The topological polar surface area (TPSA) is 138 Å². The highest BCUT2D eigenvalue weighted by atomic mass is 16.5. The molecular weight excluding hydrogens is 366 g/mol. The smallest absolute Gasteiger partial charge is 0.307 e. The standard InChI is InChI=1S/C18H25N5O5/c1-2-28-17(26)7-8-20-15(24)11-22-9-10-23(16(25)12-22)14-5-3-13(4-6-14)18(19)21-27/h3-6,27H,2,7-12H2,1H3,(H2,19,21)(H,20,24). The number of nitrogens with zero attached hydrogens (tertiary/aromatic N) is 3. The molecule has 2 rings (SSSR count). The fourth-order valence-corrected chi connectivity index (χ4v) is 2.80. The van der Waals surface area contributed by atoms with Gasteiger partial charge in [0.2, 0.25) is 11.8 Å². The fourth-order valence-electron chi connectivity index (χ4n) is 2.80. The highest BCUT2D eigenvalue weighted by Crippen LogP contribution is 2.18. The minimum absolute atomic E-state index is 0.00309. The van der Waals surface area contributed by atoms with E-state index < -0.39 is 0 Å². The average molecular weight is 391 g/mol. The van der Waals surface area contributed by atoms with Crippen LogP contribution >= 0.6 is 0 Å². The van der Waals surface area contributed by atoms with Crippen molar-refractivity contribution in [2.75, 3.05) is 44.2 Å². The van der Waals surface area contributed by atoms with Gasteiger partial charge >= 0.3 is 5.97 Å². The minimum atomic E-state index is -0.357. The van der Waals surface area contributed by atoms with Gasteiger partial charge < -0.3 is 25.9 Å². The summed E-state index contributed by atoms with van der Waals surface area (Å²) in [4.78, 5) is 39.0. The van der Waals surface area contributed by atoms with Gasteiger partial charge in [0.05, 0.1) is 26.1 Å². The van der Waals surface area contributed by atoms with Crippen LogP contribution in [-0.4, -0.2) is 73.1 Å². The number of amidine groups is 1. The number of esters is 1. The van der Waals surface area contributed by atoms with Gasteiger partial charge in [-0.2, -0.15) is 0 Å². The molecule has 1 aromatic rings. The third kappa shape index (κ3) is 5.95. The first-order chi connectivity index (χ1) is 13.4. The Kier molecular flexibility index (Phi) is 7.76. The predicted molar refractivity (Wildman–Crippen MR) is 102 cm³/mol. The van der Waals surface area contributed by atoms with Gasteiger partial charge in [-0.3, -0.25) is 19.3 Å². The van der Waals surface area contributed by atoms with Gasteiger partial charge in [-0.1, -0.05) is 5.16 Å². The van der Waals surface area contributed by atoms with E-state index in [9.17, 15) is 14.4 Å². The molecule has 152 valence electrons. The van der Waals surface area contributed by atoms with Crippen molar-refractivity contribution in [1.29, 1.82) is 0 Å². The van der Waals surface area contributed by atoms with Gasteiger partial charge in [-0.25, -0.2) is 0 Å². The number of nitrogens with one attached hydrogen (secondary N) is 1. The normalized spacial score (nSPS) is 15.4. The first-order valence-corrected chi connectivity index (χ1v) is 8.97. The van der Waals surface area contributed by atoms with E-state index in [0.717, 1.165) is 0 Å². The zero-order chi connectivity index (χ0) is 20.5. The van der Waals surface area contributed by atoms with Gasteiger partial charge in [0, 0.05) is 30.9 Å². The van der Waals surface area contributed by atoms with E-state index >= 15 is 0 Å². The molecule has 1 aliphatic heterocycles. The Hall–Kier alpha value is -3.14. The maximum Gasteiger partial charge on any atom is 0.307 e. The van der Waals surface area contributed by atoms with Gasteiger partial charge in [0.15, 0.2) is 5.84 Å². The third-order valence-electron chi connectivity index (χ3n) is 4.21. The molecule has 1 aliphatic rings. The van der Waals surface area contributed by atoms with Crippen molar-refractivity contribution in [2.45, 2.75) is 13.3 Å². The predicted octanol–water partition coefficient (Wildman–Crippen LogP) is -0.501. The summed E-state index contributed by atoms with van der Waals surface area (Å²) in [5.41, 5.74) is 6.79. The van der Waals surface area contributed by atoms with Crippen LogP contribution in [0.5, 0.6) is 0 Å². The SMILES string of the molecule is CCOC(=O)CCNC(=O)CN1CCN(c2ccc(/C(N)=N\O)cc2)C(=O)C1. The van der Waals surface area contributed by atoms with Gasteiger partial charge in [-0.05, 0) is 31.2 Å². The summed E-state index contributed by atoms with van der Waals surface area (Å²) in [6.45, 7) is 3.43. The third-order valence-corrected chi connectivity index (χ3v) is 4.21. The van der Waals surface area contributed by atoms with Gasteiger partial charge in [0.25, 0.3) is 0 Å². The number of anilines is 1. The second-order valence-corrected chi connectivity index (χ2v) is 6.19. The van der Waals surface area contributed by atoms with Crippen LogP contribution in [0.4, 0.5) is 5.69 Å². The number of nitrogens with two attached hydrogens (primary N) is 1. The molecule has 2 amide bonds. The van der Waals surface area contributed by atoms with Crippen molar-refractivity contribution in [1.82, 2.24) is 10.2 Å². The molecule has 1 aromatic carbocycles. The summed E-state index contributed by atoms with van der Waals surface area (Å²) in [5.74, 6) is -0.725. The van der Waals surface area contributed by atoms with Crippen LogP contribution in [0, 0.1) is 0 Å². The van der Waals surface area contributed by atoms with Crippen molar-refractivity contribution in [3.63, 3.8) is 0 Å².